The highest BCUT2D eigenvalue weighted by Gasteiger charge is 2.35. The summed E-state index contributed by atoms with van der Waals surface area (Å²) in [5, 5.41) is 11.9. The van der Waals surface area contributed by atoms with Gasteiger partial charge in [-0.25, -0.2) is 23.4 Å². The van der Waals surface area contributed by atoms with Gasteiger partial charge in [-0.3, -0.25) is 4.57 Å². The standard InChI is InChI=1S/C22H25ClN8O4S/c1-12-7-6-8-17(26-12)22-29-28-18(31(22)13(2)20-27-15(4)35-30-20)11-36(32,33)14(3)19(34-5)21-24-9-16(23)10-25-21/h6-10,13-14,19H,11H2,1-5H3/t13-,14+,19+/m1/s1. The molecule has 0 saturated carbocycles. The first-order valence-corrected chi connectivity index (χ1v) is 13.1. The Bertz CT molecular complexity index is 1450. The molecule has 0 aliphatic heterocycles. The van der Waals surface area contributed by atoms with Gasteiger partial charge >= 0.3 is 0 Å². The molecule has 0 aliphatic rings. The molecule has 0 spiro atoms. The van der Waals surface area contributed by atoms with Crippen molar-refractivity contribution in [2.45, 2.75) is 50.8 Å². The Hall–Kier alpha value is -3.29. The van der Waals surface area contributed by atoms with Crippen molar-refractivity contribution in [1.29, 1.82) is 0 Å². The highest BCUT2D eigenvalue weighted by atomic mass is 35.5. The molecule has 4 heterocycles. The van der Waals surface area contributed by atoms with E-state index >= 15 is 0 Å². The summed E-state index contributed by atoms with van der Waals surface area (Å²) in [6, 6.07) is 4.94. The average molecular weight is 533 g/mol. The van der Waals surface area contributed by atoms with E-state index in [9.17, 15) is 8.42 Å². The Morgan fingerprint density at radius 2 is 1.81 bits per heavy atom. The van der Waals surface area contributed by atoms with Crippen molar-refractivity contribution in [3.8, 4) is 11.5 Å². The maximum Gasteiger partial charge on any atom is 0.223 e. The molecule has 0 amide bonds. The second-order valence-corrected chi connectivity index (χ2v) is 11.0. The number of aromatic nitrogens is 8. The zero-order chi connectivity index (χ0) is 26.0. The lowest BCUT2D eigenvalue weighted by Crippen LogP contribution is -2.30. The predicted molar refractivity (Wildman–Crippen MR) is 130 cm³/mol. The normalized spacial score (nSPS) is 14.5. The van der Waals surface area contributed by atoms with E-state index in [1.807, 2.05) is 26.0 Å². The zero-order valence-electron chi connectivity index (χ0n) is 20.3. The van der Waals surface area contributed by atoms with E-state index < -0.39 is 33.0 Å². The predicted octanol–water partition coefficient (Wildman–Crippen LogP) is 3.08. The highest BCUT2D eigenvalue weighted by Crippen LogP contribution is 2.29. The largest absolute Gasteiger partial charge is 0.372 e. The third-order valence-corrected chi connectivity index (χ3v) is 7.90. The van der Waals surface area contributed by atoms with E-state index in [0.717, 1.165) is 5.69 Å². The highest BCUT2D eigenvalue weighted by molar-refractivity contribution is 7.91. The lowest BCUT2D eigenvalue weighted by atomic mass is 10.2. The molecule has 0 N–H and O–H groups in total. The van der Waals surface area contributed by atoms with Crippen LogP contribution in [0.5, 0.6) is 0 Å². The van der Waals surface area contributed by atoms with E-state index in [0.29, 0.717) is 28.3 Å². The van der Waals surface area contributed by atoms with Gasteiger partial charge in [0.25, 0.3) is 0 Å². The van der Waals surface area contributed by atoms with Crippen molar-refractivity contribution in [1.82, 2.24) is 39.9 Å². The smallest absolute Gasteiger partial charge is 0.223 e. The zero-order valence-corrected chi connectivity index (χ0v) is 21.9. The van der Waals surface area contributed by atoms with Gasteiger partial charge in [-0.15, -0.1) is 10.2 Å². The van der Waals surface area contributed by atoms with E-state index in [-0.39, 0.29) is 11.6 Å². The van der Waals surface area contributed by atoms with Gasteiger partial charge in [-0.2, -0.15) is 4.98 Å². The van der Waals surface area contributed by atoms with Crippen LogP contribution in [-0.2, 0) is 20.3 Å². The van der Waals surface area contributed by atoms with E-state index in [1.54, 1.807) is 17.6 Å². The molecule has 0 bridgehead atoms. The molecule has 14 heteroatoms. The fraction of sp³-hybridized carbons (Fsp3) is 0.409. The molecular formula is C22H25ClN8O4S. The number of hydrogen-bond donors (Lipinski definition) is 0. The topological polar surface area (TPSA) is 152 Å². The monoisotopic (exact) mass is 532 g/mol. The molecule has 4 aromatic rings. The van der Waals surface area contributed by atoms with Gasteiger partial charge in [0.05, 0.1) is 16.3 Å². The van der Waals surface area contributed by atoms with Gasteiger partial charge in [-0.1, -0.05) is 22.8 Å². The third kappa shape index (κ3) is 5.27. The van der Waals surface area contributed by atoms with Crippen LogP contribution >= 0.6 is 11.6 Å². The number of hydrogen-bond acceptors (Lipinski definition) is 11. The first-order chi connectivity index (χ1) is 17.1. The molecule has 0 saturated heterocycles. The van der Waals surface area contributed by atoms with Crippen LogP contribution in [0.15, 0.2) is 35.1 Å². The molecule has 0 unspecified atom stereocenters. The van der Waals surface area contributed by atoms with Crippen molar-refractivity contribution in [3.05, 3.63) is 64.7 Å². The third-order valence-electron chi connectivity index (χ3n) is 5.66. The molecule has 0 radical (unpaired) electrons. The number of halogens is 1. The minimum absolute atomic E-state index is 0.196. The molecular weight excluding hydrogens is 508 g/mol. The van der Waals surface area contributed by atoms with Crippen LogP contribution in [-0.4, -0.2) is 60.6 Å². The number of methoxy groups -OCH3 is 1. The molecule has 0 fully saturated rings. The van der Waals surface area contributed by atoms with Gasteiger partial charge in [0.2, 0.25) is 5.89 Å². The molecule has 0 aliphatic carbocycles. The summed E-state index contributed by atoms with van der Waals surface area (Å²) >= 11 is 5.87. The van der Waals surface area contributed by atoms with Crippen LogP contribution in [0.25, 0.3) is 11.5 Å². The van der Waals surface area contributed by atoms with Crippen molar-refractivity contribution in [2.24, 2.45) is 0 Å². The first-order valence-electron chi connectivity index (χ1n) is 11.0. The Kier molecular flexibility index (Phi) is 7.43. The van der Waals surface area contributed by atoms with Gasteiger partial charge in [0, 0.05) is 32.1 Å². The maximum absolute atomic E-state index is 13.5. The number of sulfone groups is 1. The summed E-state index contributed by atoms with van der Waals surface area (Å²) < 4.78 is 39.4. The molecule has 3 atom stereocenters. The van der Waals surface area contributed by atoms with Gasteiger partial charge in [-0.05, 0) is 32.9 Å². The second-order valence-electron chi connectivity index (χ2n) is 8.25. The van der Waals surface area contributed by atoms with Crippen molar-refractivity contribution in [3.63, 3.8) is 0 Å². The van der Waals surface area contributed by atoms with E-state index in [4.69, 9.17) is 20.9 Å². The van der Waals surface area contributed by atoms with Crippen LogP contribution in [0.1, 0.15) is 55.1 Å². The summed E-state index contributed by atoms with van der Waals surface area (Å²) in [6.45, 7) is 6.88. The van der Waals surface area contributed by atoms with Crippen molar-refractivity contribution < 1.29 is 17.7 Å². The molecule has 12 nitrogen and oxygen atoms in total. The molecule has 4 rings (SSSR count). The van der Waals surface area contributed by atoms with Crippen LogP contribution in [0, 0.1) is 13.8 Å². The summed E-state index contributed by atoms with van der Waals surface area (Å²) in [5.74, 6) is 1.10. The SMILES string of the molecule is CO[C@H](c1ncc(Cl)cn1)[C@H](C)S(=O)(=O)Cc1nnc(-c2cccc(C)n2)n1[C@H](C)c1noc(C)n1. The van der Waals surface area contributed by atoms with Gasteiger partial charge in [0.15, 0.2) is 27.3 Å². The lowest BCUT2D eigenvalue weighted by molar-refractivity contribution is 0.0948. The Labute approximate surface area is 213 Å². The van der Waals surface area contributed by atoms with Gasteiger partial charge in [0.1, 0.15) is 23.4 Å². The van der Waals surface area contributed by atoms with E-state index in [2.05, 4.69) is 35.3 Å². The number of nitrogens with zero attached hydrogens (tertiary/aromatic N) is 8. The van der Waals surface area contributed by atoms with Gasteiger partial charge < -0.3 is 9.26 Å². The average Bonchev–Trinajstić information content (AvgIpc) is 3.46. The number of ether oxygens (including phenoxy) is 1. The number of rotatable bonds is 9. The molecule has 190 valence electrons. The molecule has 4 aromatic heterocycles. The van der Waals surface area contributed by atoms with Crippen LogP contribution in [0.3, 0.4) is 0 Å². The minimum atomic E-state index is -3.84. The quantitative estimate of drug-likeness (QED) is 0.312. The molecule has 36 heavy (non-hydrogen) atoms. The molecule has 0 aromatic carbocycles. The van der Waals surface area contributed by atoms with E-state index in [1.165, 1.54) is 26.4 Å². The number of aryl methyl sites for hydroxylation is 2. The fourth-order valence-electron chi connectivity index (χ4n) is 3.75. The Balaban J connectivity index is 1.74. The van der Waals surface area contributed by atoms with Crippen LogP contribution in [0.4, 0.5) is 0 Å². The van der Waals surface area contributed by atoms with Crippen LogP contribution in [0.2, 0.25) is 5.02 Å². The Morgan fingerprint density at radius 1 is 1.08 bits per heavy atom. The summed E-state index contributed by atoms with van der Waals surface area (Å²) in [6.07, 6.45) is 1.86. The maximum atomic E-state index is 13.5. The number of pyridine rings is 1. The summed E-state index contributed by atoms with van der Waals surface area (Å²) in [7, 11) is -2.44. The summed E-state index contributed by atoms with van der Waals surface area (Å²) in [5.41, 5.74) is 1.31. The van der Waals surface area contributed by atoms with Crippen LogP contribution < -0.4 is 0 Å². The van der Waals surface area contributed by atoms with Crippen molar-refractivity contribution in [2.75, 3.05) is 7.11 Å². The Morgan fingerprint density at radius 3 is 2.42 bits per heavy atom. The van der Waals surface area contributed by atoms with Crippen molar-refractivity contribution >= 4 is 21.4 Å². The lowest BCUT2D eigenvalue weighted by Gasteiger charge is -2.22. The summed E-state index contributed by atoms with van der Waals surface area (Å²) in [4.78, 5) is 17.1. The minimum Gasteiger partial charge on any atom is -0.372 e. The first kappa shape index (κ1) is 25.8. The second kappa shape index (κ2) is 10.4. The fourth-order valence-corrected chi connectivity index (χ4v) is 5.27.